The Morgan fingerprint density at radius 1 is 0.917 bits per heavy atom. The molecule has 132 valence electrons. The molecule has 0 saturated carbocycles. The van der Waals surface area contributed by atoms with E-state index in [1.165, 1.54) is 64.2 Å². The second-order valence-corrected chi connectivity index (χ2v) is 9.06. The molecule has 0 saturated heterocycles. The lowest BCUT2D eigenvalue weighted by Crippen LogP contribution is -2.19. The summed E-state index contributed by atoms with van der Waals surface area (Å²) in [7, 11) is 0.463. The molecule has 0 aromatic heterocycles. The third-order valence-electron chi connectivity index (χ3n) is 4.33. The normalized spacial score (nSPS) is 11.2. The van der Waals surface area contributed by atoms with E-state index in [9.17, 15) is 0 Å². The number of hydrogen-bond donors (Lipinski definition) is 0. The van der Waals surface area contributed by atoms with Crippen LogP contribution < -0.4 is 4.43 Å². The zero-order valence-corrected chi connectivity index (χ0v) is 16.7. The van der Waals surface area contributed by atoms with Crippen molar-refractivity contribution in [1.29, 1.82) is 5.26 Å². The van der Waals surface area contributed by atoms with E-state index in [4.69, 9.17) is 9.69 Å². The third kappa shape index (κ3) is 9.77. The van der Waals surface area contributed by atoms with Gasteiger partial charge in [0.2, 0.25) is 0 Å². The van der Waals surface area contributed by atoms with Crippen molar-refractivity contribution in [2.24, 2.45) is 0 Å². The molecular weight excluding hydrogens is 310 g/mol. The summed E-state index contributed by atoms with van der Waals surface area (Å²) in [5.74, 6) is 0.868. The van der Waals surface area contributed by atoms with E-state index in [-0.39, 0.29) is 5.04 Å². The van der Waals surface area contributed by atoms with Gasteiger partial charge in [-0.15, -0.1) is 0 Å². The van der Waals surface area contributed by atoms with Crippen LogP contribution in [0.5, 0.6) is 5.75 Å². The van der Waals surface area contributed by atoms with Gasteiger partial charge in [0.25, 0.3) is 0 Å². The van der Waals surface area contributed by atoms with Crippen molar-refractivity contribution in [3.63, 3.8) is 0 Å². The Morgan fingerprint density at radius 3 is 2.00 bits per heavy atom. The topological polar surface area (TPSA) is 33.0 Å². The molecule has 0 heterocycles. The monoisotopic (exact) mass is 343 g/mol. The number of nitriles is 1. The molecule has 2 radical (unpaired) electrons. The van der Waals surface area contributed by atoms with Crippen LogP contribution in [0.4, 0.5) is 0 Å². The lowest BCUT2D eigenvalue weighted by Gasteiger charge is -2.22. The van der Waals surface area contributed by atoms with Gasteiger partial charge in [0.15, 0.2) is 0 Å². The molecule has 0 bridgehead atoms. The van der Waals surface area contributed by atoms with Crippen molar-refractivity contribution in [2.45, 2.75) is 90.0 Å². The second kappa shape index (κ2) is 12.1. The molecule has 0 aliphatic heterocycles. The number of rotatable bonds is 13. The van der Waals surface area contributed by atoms with Gasteiger partial charge in [0, 0.05) is 0 Å². The fourth-order valence-electron chi connectivity index (χ4n) is 2.72. The number of unbranched alkanes of at least 4 members (excludes halogenated alkanes) is 8. The van der Waals surface area contributed by atoms with E-state index in [2.05, 4.69) is 26.8 Å². The van der Waals surface area contributed by atoms with Crippen LogP contribution in [0.1, 0.15) is 90.5 Å². The van der Waals surface area contributed by atoms with Gasteiger partial charge in [-0.05, 0) is 35.7 Å². The molecule has 3 heteroatoms. The summed E-state index contributed by atoms with van der Waals surface area (Å²) in [5.41, 5.74) is 0.680. The van der Waals surface area contributed by atoms with Crippen molar-refractivity contribution >= 4 is 9.76 Å². The van der Waals surface area contributed by atoms with Gasteiger partial charge >= 0.3 is 9.76 Å². The van der Waals surface area contributed by atoms with Gasteiger partial charge in [-0.1, -0.05) is 78.6 Å². The molecular formula is C21H33NOSi. The first kappa shape index (κ1) is 20.8. The first-order valence-corrected chi connectivity index (χ1v) is 10.4. The van der Waals surface area contributed by atoms with E-state index >= 15 is 0 Å². The Hall–Kier alpha value is -1.27. The zero-order valence-electron chi connectivity index (χ0n) is 15.7. The molecule has 2 nitrogen and oxygen atoms in total. The van der Waals surface area contributed by atoms with Crippen LogP contribution in [0.2, 0.25) is 5.04 Å². The van der Waals surface area contributed by atoms with E-state index < -0.39 is 0 Å². The molecule has 0 N–H and O–H groups in total. The summed E-state index contributed by atoms with van der Waals surface area (Å²) in [6, 6.07) is 9.54. The van der Waals surface area contributed by atoms with Gasteiger partial charge in [0.1, 0.15) is 5.75 Å². The Bertz CT molecular complexity index is 476. The predicted molar refractivity (Wildman–Crippen MR) is 103 cm³/mol. The maximum Gasteiger partial charge on any atom is 0.317 e. The smallest absolute Gasteiger partial charge is 0.317 e. The highest BCUT2D eigenvalue weighted by Gasteiger charge is 2.21. The van der Waals surface area contributed by atoms with Crippen LogP contribution in [-0.2, 0) is 0 Å². The van der Waals surface area contributed by atoms with Crippen molar-refractivity contribution in [1.82, 2.24) is 0 Å². The van der Waals surface area contributed by atoms with Crippen LogP contribution >= 0.6 is 0 Å². The number of nitrogens with zero attached hydrogens (tertiary/aromatic N) is 1. The van der Waals surface area contributed by atoms with E-state index in [0.717, 1.165) is 5.75 Å². The summed E-state index contributed by atoms with van der Waals surface area (Å²) in [6.45, 7) is 6.85. The standard InChI is InChI=1S/C21H33NOSi/c1-4-5-6-7-8-9-10-11-12-17-21(2,3)24-23-20-15-13-19(18-22)14-16-20/h13-16H,4-12,17H2,1-3H3. The lowest BCUT2D eigenvalue weighted by molar-refractivity contribution is 0.474. The third-order valence-corrected chi connectivity index (χ3v) is 5.47. The minimum absolute atomic E-state index is 0.231. The van der Waals surface area contributed by atoms with Crippen LogP contribution in [0.3, 0.4) is 0 Å². The van der Waals surface area contributed by atoms with Gasteiger partial charge in [-0.2, -0.15) is 5.26 Å². The van der Waals surface area contributed by atoms with Gasteiger partial charge in [-0.25, -0.2) is 0 Å². The minimum Gasteiger partial charge on any atom is -0.540 e. The fourth-order valence-corrected chi connectivity index (χ4v) is 3.53. The highest BCUT2D eigenvalue weighted by atomic mass is 28.2. The van der Waals surface area contributed by atoms with E-state index in [0.29, 0.717) is 15.3 Å². The van der Waals surface area contributed by atoms with Crippen LogP contribution in [0.25, 0.3) is 0 Å². The van der Waals surface area contributed by atoms with Crippen molar-refractivity contribution in [3.05, 3.63) is 29.8 Å². The molecule has 1 rings (SSSR count). The van der Waals surface area contributed by atoms with Crippen molar-refractivity contribution < 1.29 is 4.43 Å². The summed E-state index contributed by atoms with van der Waals surface area (Å²) >= 11 is 0. The first-order chi connectivity index (χ1) is 11.6. The maximum absolute atomic E-state index is 8.81. The van der Waals surface area contributed by atoms with Crippen molar-refractivity contribution in [2.75, 3.05) is 0 Å². The van der Waals surface area contributed by atoms with Crippen LogP contribution in [-0.4, -0.2) is 9.76 Å². The average Bonchev–Trinajstić information content (AvgIpc) is 2.59. The molecule has 0 aliphatic rings. The summed E-state index contributed by atoms with van der Waals surface area (Å²) in [6.07, 6.45) is 13.6. The average molecular weight is 344 g/mol. The minimum atomic E-state index is 0.231. The van der Waals surface area contributed by atoms with E-state index in [1.807, 2.05) is 24.3 Å². The quantitative estimate of drug-likeness (QED) is 0.296. The molecule has 0 fully saturated rings. The maximum atomic E-state index is 8.81. The zero-order chi connectivity index (χ0) is 17.7. The second-order valence-electron chi connectivity index (χ2n) is 7.30. The van der Waals surface area contributed by atoms with E-state index in [1.54, 1.807) is 0 Å². The van der Waals surface area contributed by atoms with Gasteiger partial charge in [0.05, 0.1) is 11.6 Å². The highest BCUT2D eigenvalue weighted by Crippen LogP contribution is 2.31. The molecule has 1 aromatic rings. The molecule has 0 atom stereocenters. The molecule has 0 aliphatic carbocycles. The summed E-state index contributed by atoms with van der Waals surface area (Å²) in [4.78, 5) is 0. The predicted octanol–water partition coefficient (Wildman–Crippen LogP) is 6.68. The number of benzene rings is 1. The largest absolute Gasteiger partial charge is 0.540 e. The van der Waals surface area contributed by atoms with Crippen molar-refractivity contribution in [3.8, 4) is 11.8 Å². The van der Waals surface area contributed by atoms with Crippen LogP contribution in [0, 0.1) is 11.3 Å². The molecule has 0 spiro atoms. The summed E-state index contributed by atoms with van der Waals surface area (Å²) < 4.78 is 5.92. The molecule has 0 amide bonds. The molecule has 24 heavy (non-hydrogen) atoms. The Morgan fingerprint density at radius 2 is 1.46 bits per heavy atom. The molecule has 1 aromatic carbocycles. The Kier molecular flexibility index (Phi) is 10.5. The van der Waals surface area contributed by atoms with Crippen LogP contribution in [0.15, 0.2) is 24.3 Å². The highest BCUT2D eigenvalue weighted by molar-refractivity contribution is 6.33. The Labute approximate surface area is 151 Å². The first-order valence-electron chi connectivity index (χ1n) is 9.51. The number of hydrogen-bond acceptors (Lipinski definition) is 2. The Balaban J connectivity index is 2.09. The van der Waals surface area contributed by atoms with Gasteiger partial charge < -0.3 is 4.43 Å². The SMILES string of the molecule is CCCCCCCCCCCC(C)(C)[Si]Oc1ccc(C#N)cc1. The molecule has 0 unspecified atom stereocenters. The summed E-state index contributed by atoms with van der Waals surface area (Å²) in [5, 5.41) is 9.04. The lowest BCUT2D eigenvalue weighted by atomic mass is 10.0. The van der Waals surface area contributed by atoms with Gasteiger partial charge in [-0.3, -0.25) is 0 Å². The fraction of sp³-hybridized carbons (Fsp3) is 0.667.